The first-order chi connectivity index (χ1) is 10.2. The molecule has 1 saturated heterocycles. The zero-order chi connectivity index (χ0) is 14.8. The van der Waals surface area contributed by atoms with Crippen molar-refractivity contribution in [3.63, 3.8) is 0 Å². The summed E-state index contributed by atoms with van der Waals surface area (Å²) < 4.78 is 0. The van der Waals surface area contributed by atoms with Crippen molar-refractivity contribution >= 4 is 23.4 Å². The van der Waals surface area contributed by atoms with Gasteiger partial charge in [-0.25, -0.2) is 0 Å². The van der Waals surface area contributed by atoms with Crippen LogP contribution in [0.15, 0.2) is 24.3 Å². The normalized spacial score (nSPS) is 23.3. The van der Waals surface area contributed by atoms with Crippen molar-refractivity contribution in [2.24, 2.45) is 0 Å². The lowest BCUT2D eigenvalue weighted by molar-refractivity contribution is -0.118. The van der Waals surface area contributed by atoms with Crippen molar-refractivity contribution in [3.05, 3.63) is 29.8 Å². The summed E-state index contributed by atoms with van der Waals surface area (Å²) in [4.78, 5) is 17.4. The van der Waals surface area contributed by atoms with Gasteiger partial charge in [-0.3, -0.25) is 9.69 Å². The quantitative estimate of drug-likeness (QED) is 0.857. The average Bonchev–Trinajstić information content (AvgIpc) is 2.86. The summed E-state index contributed by atoms with van der Waals surface area (Å²) in [6.07, 6.45) is 5.18. The van der Waals surface area contributed by atoms with E-state index >= 15 is 0 Å². The number of nitrogens with zero attached hydrogens (tertiary/aromatic N) is 2. The highest BCUT2D eigenvalue weighted by molar-refractivity contribution is 7.99. The fourth-order valence-electron chi connectivity index (χ4n) is 3.42. The summed E-state index contributed by atoms with van der Waals surface area (Å²) in [7, 11) is 0. The molecule has 4 heteroatoms. The lowest BCUT2D eigenvalue weighted by Gasteiger charge is -2.27. The number of amides is 1. The van der Waals surface area contributed by atoms with E-state index in [0.29, 0.717) is 17.7 Å². The molecule has 0 aromatic heterocycles. The highest BCUT2D eigenvalue weighted by Crippen LogP contribution is 2.32. The largest absolute Gasteiger partial charge is 0.310 e. The van der Waals surface area contributed by atoms with E-state index in [1.807, 2.05) is 6.07 Å². The fourth-order valence-corrected chi connectivity index (χ4v) is 3.73. The molecular formula is C17H24N2OS. The number of hydrogen-bond donors (Lipinski definition) is 0. The first kappa shape index (κ1) is 14.9. The number of hydrogen-bond acceptors (Lipinski definition) is 3. The number of para-hydroxylation sites is 1. The van der Waals surface area contributed by atoms with Crippen LogP contribution in [0.1, 0.15) is 31.7 Å². The molecule has 2 heterocycles. The van der Waals surface area contributed by atoms with Crippen LogP contribution in [-0.2, 0) is 11.3 Å². The molecule has 1 fully saturated rings. The van der Waals surface area contributed by atoms with Gasteiger partial charge in [0.2, 0.25) is 5.91 Å². The topological polar surface area (TPSA) is 23.6 Å². The first-order valence-electron chi connectivity index (χ1n) is 7.84. The Morgan fingerprint density at radius 3 is 3.05 bits per heavy atom. The molecule has 2 aliphatic heterocycles. The maximum atomic E-state index is 12.8. The van der Waals surface area contributed by atoms with Gasteiger partial charge in [0.1, 0.15) is 0 Å². The van der Waals surface area contributed by atoms with Crippen LogP contribution in [0.4, 0.5) is 5.69 Å². The Bertz CT molecular complexity index is 519. The van der Waals surface area contributed by atoms with Gasteiger partial charge in [0.15, 0.2) is 0 Å². The Morgan fingerprint density at radius 1 is 1.43 bits per heavy atom. The second-order valence-electron chi connectivity index (χ2n) is 6.15. The van der Waals surface area contributed by atoms with Gasteiger partial charge >= 0.3 is 0 Å². The number of carbonyl (C=O) groups is 1. The molecule has 2 atom stereocenters. The molecule has 1 amide bonds. The predicted molar refractivity (Wildman–Crippen MR) is 89.8 cm³/mol. The minimum Gasteiger partial charge on any atom is -0.310 e. The third kappa shape index (κ3) is 3.11. The van der Waals surface area contributed by atoms with Gasteiger partial charge in [-0.15, -0.1) is 0 Å². The Balaban J connectivity index is 1.88. The van der Waals surface area contributed by atoms with Gasteiger partial charge in [-0.05, 0) is 37.3 Å². The third-order valence-electron chi connectivity index (χ3n) is 4.71. The smallest absolute Gasteiger partial charge is 0.228 e. The van der Waals surface area contributed by atoms with Crippen molar-refractivity contribution in [2.45, 2.75) is 44.0 Å². The molecule has 1 aromatic rings. The maximum absolute atomic E-state index is 12.8. The number of fused-ring (bicyclic) bond motifs is 2. The van der Waals surface area contributed by atoms with Crippen LogP contribution in [0.3, 0.4) is 0 Å². The van der Waals surface area contributed by atoms with Gasteiger partial charge < -0.3 is 4.90 Å². The van der Waals surface area contributed by atoms with E-state index in [2.05, 4.69) is 41.2 Å². The van der Waals surface area contributed by atoms with E-state index < -0.39 is 0 Å². The molecule has 0 spiro atoms. The average molecular weight is 304 g/mol. The van der Waals surface area contributed by atoms with Crippen LogP contribution in [-0.4, -0.2) is 41.4 Å². The highest BCUT2D eigenvalue weighted by atomic mass is 32.2. The molecule has 2 aliphatic rings. The standard InChI is InChI=1S/C17H24N2OS/c1-13(21-2)10-17(20)19-12-15-7-5-9-18(15)11-14-6-3-4-8-16(14)19/h3-4,6,8,13,15H,5,7,9-12H2,1-2H3/t13-,15-/m1/s1. The fraction of sp³-hybridized carbons (Fsp3) is 0.588. The summed E-state index contributed by atoms with van der Waals surface area (Å²) in [6, 6.07) is 8.95. The number of anilines is 1. The van der Waals surface area contributed by atoms with Gasteiger partial charge in [0.25, 0.3) is 0 Å². The Labute approximate surface area is 131 Å². The molecule has 0 aliphatic carbocycles. The first-order valence-corrected chi connectivity index (χ1v) is 9.13. The summed E-state index contributed by atoms with van der Waals surface area (Å²) in [5.41, 5.74) is 2.43. The van der Waals surface area contributed by atoms with Crippen LogP contribution in [0.25, 0.3) is 0 Å². The van der Waals surface area contributed by atoms with Crippen molar-refractivity contribution in [1.82, 2.24) is 4.90 Å². The summed E-state index contributed by atoms with van der Waals surface area (Å²) in [6.45, 7) is 5.15. The van der Waals surface area contributed by atoms with Crippen molar-refractivity contribution in [1.29, 1.82) is 0 Å². The van der Waals surface area contributed by atoms with E-state index in [1.165, 1.54) is 24.9 Å². The molecule has 0 unspecified atom stereocenters. The van der Waals surface area contributed by atoms with Gasteiger partial charge in [-0.1, -0.05) is 25.1 Å². The molecule has 0 N–H and O–H groups in total. The summed E-state index contributed by atoms with van der Waals surface area (Å²) >= 11 is 1.77. The molecule has 1 aromatic carbocycles. The molecular weight excluding hydrogens is 280 g/mol. The van der Waals surface area contributed by atoms with Crippen LogP contribution in [0.2, 0.25) is 0 Å². The minimum atomic E-state index is 0.276. The van der Waals surface area contributed by atoms with Crippen molar-refractivity contribution < 1.29 is 4.79 Å². The predicted octanol–water partition coefficient (Wildman–Crippen LogP) is 3.14. The monoisotopic (exact) mass is 304 g/mol. The maximum Gasteiger partial charge on any atom is 0.228 e. The molecule has 3 rings (SSSR count). The van der Waals surface area contributed by atoms with Crippen molar-refractivity contribution in [3.8, 4) is 0 Å². The summed E-state index contributed by atoms with van der Waals surface area (Å²) in [5, 5.41) is 0.382. The van der Waals surface area contributed by atoms with Gasteiger partial charge in [0.05, 0.1) is 0 Å². The van der Waals surface area contributed by atoms with Gasteiger partial charge in [-0.2, -0.15) is 11.8 Å². The highest BCUT2D eigenvalue weighted by Gasteiger charge is 2.33. The van der Waals surface area contributed by atoms with Crippen LogP contribution < -0.4 is 4.90 Å². The van der Waals surface area contributed by atoms with E-state index in [-0.39, 0.29) is 5.91 Å². The molecule has 0 radical (unpaired) electrons. The van der Waals surface area contributed by atoms with Crippen molar-refractivity contribution in [2.75, 3.05) is 24.2 Å². The molecule has 114 valence electrons. The third-order valence-corrected chi connectivity index (χ3v) is 5.69. The molecule has 0 bridgehead atoms. The Hall–Kier alpha value is -1.00. The lowest BCUT2D eigenvalue weighted by atomic mass is 10.1. The zero-order valence-corrected chi connectivity index (χ0v) is 13.7. The molecule has 21 heavy (non-hydrogen) atoms. The van der Waals surface area contributed by atoms with E-state index in [4.69, 9.17) is 0 Å². The van der Waals surface area contributed by atoms with E-state index in [1.54, 1.807) is 11.8 Å². The Kier molecular flexibility index (Phi) is 4.55. The van der Waals surface area contributed by atoms with Gasteiger partial charge in [0, 0.05) is 36.5 Å². The van der Waals surface area contributed by atoms with Crippen LogP contribution >= 0.6 is 11.8 Å². The minimum absolute atomic E-state index is 0.276. The van der Waals surface area contributed by atoms with E-state index in [9.17, 15) is 4.79 Å². The number of benzene rings is 1. The van der Waals surface area contributed by atoms with Crippen LogP contribution in [0, 0.1) is 0 Å². The van der Waals surface area contributed by atoms with E-state index in [0.717, 1.165) is 18.8 Å². The second kappa shape index (κ2) is 6.41. The number of rotatable bonds is 3. The molecule has 0 saturated carbocycles. The zero-order valence-electron chi connectivity index (χ0n) is 12.9. The summed E-state index contributed by atoms with van der Waals surface area (Å²) in [5.74, 6) is 0.276. The number of thioether (sulfide) groups is 1. The Morgan fingerprint density at radius 2 is 2.24 bits per heavy atom. The van der Waals surface area contributed by atoms with Crippen LogP contribution in [0.5, 0.6) is 0 Å². The lowest BCUT2D eigenvalue weighted by Crippen LogP contribution is -2.41. The second-order valence-corrected chi connectivity index (χ2v) is 7.43. The molecule has 3 nitrogen and oxygen atoms in total. The SMILES string of the molecule is CS[C@H](C)CC(=O)N1C[C@H]2CCCN2Cc2ccccc21. The number of carbonyl (C=O) groups excluding carboxylic acids is 1.